The minimum Gasteiger partial charge on any atom is -0.358 e. The molecule has 0 bridgehead atoms. The molecule has 2 aromatic carbocycles. The Bertz CT molecular complexity index is 1240. The Labute approximate surface area is 155 Å². The highest BCUT2D eigenvalue weighted by atomic mass is 16.2. The van der Waals surface area contributed by atoms with E-state index in [4.69, 9.17) is 0 Å². The van der Waals surface area contributed by atoms with Crippen LogP contribution in [0.2, 0.25) is 0 Å². The van der Waals surface area contributed by atoms with E-state index in [2.05, 4.69) is 22.1 Å². The molecule has 1 N–H and O–H groups in total. The minimum absolute atomic E-state index is 0.0273. The van der Waals surface area contributed by atoms with Crippen molar-refractivity contribution in [2.24, 2.45) is 0 Å². The average molecular weight is 358 g/mol. The summed E-state index contributed by atoms with van der Waals surface area (Å²) in [7, 11) is 0. The molecule has 0 saturated heterocycles. The van der Waals surface area contributed by atoms with Gasteiger partial charge in [0.2, 0.25) is 5.91 Å². The van der Waals surface area contributed by atoms with Crippen LogP contribution in [0.25, 0.3) is 21.9 Å². The van der Waals surface area contributed by atoms with Crippen molar-refractivity contribution in [3.8, 4) is 0 Å². The number of hydrogen-bond acceptors (Lipinski definition) is 3. The largest absolute Gasteiger partial charge is 0.358 e. The predicted octanol–water partition coefficient (Wildman–Crippen LogP) is 2.46. The van der Waals surface area contributed by atoms with E-state index in [9.17, 15) is 9.59 Å². The van der Waals surface area contributed by atoms with Crippen LogP contribution in [-0.4, -0.2) is 31.9 Å². The van der Waals surface area contributed by atoms with Crippen molar-refractivity contribution in [3.05, 3.63) is 76.3 Å². The molecule has 134 valence electrons. The number of amides is 1. The molecule has 5 rings (SSSR count). The maximum absolute atomic E-state index is 13.0. The Morgan fingerprint density at radius 1 is 1.11 bits per heavy atom. The molecule has 2 aromatic heterocycles. The molecule has 27 heavy (non-hydrogen) atoms. The molecule has 6 heteroatoms. The molecular weight excluding hydrogens is 340 g/mol. The van der Waals surface area contributed by atoms with Gasteiger partial charge in [0, 0.05) is 41.7 Å². The van der Waals surface area contributed by atoms with Gasteiger partial charge in [-0.05, 0) is 18.2 Å². The Balaban J connectivity index is 1.46. The number of carbonyl (C=O) groups excluding carboxylic acids is 1. The molecule has 3 heterocycles. The first-order valence-electron chi connectivity index (χ1n) is 9.01. The van der Waals surface area contributed by atoms with Crippen molar-refractivity contribution in [1.29, 1.82) is 0 Å². The zero-order valence-corrected chi connectivity index (χ0v) is 14.7. The summed E-state index contributed by atoms with van der Waals surface area (Å²) in [6.07, 6.45) is 2.07. The van der Waals surface area contributed by atoms with Crippen LogP contribution in [0.4, 0.5) is 0 Å². The van der Waals surface area contributed by atoms with Gasteiger partial charge in [0.25, 0.3) is 5.56 Å². The number of nitrogens with one attached hydrogen (secondary N) is 1. The molecule has 0 aliphatic carbocycles. The first kappa shape index (κ1) is 15.8. The lowest BCUT2D eigenvalue weighted by Crippen LogP contribution is -2.39. The lowest BCUT2D eigenvalue weighted by atomic mass is 10.0. The van der Waals surface area contributed by atoms with E-state index in [0.29, 0.717) is 24.1 Å². The molecule has 0 unspecified atom stereocenters. The number of H-pyrrole nitrogens is 1. The van der Waals surface area contributed by atoms with Crippen LogP contribution in [0.1, 0.15) is 11.3 Å². The topological polar surface area (TPSA) is 71.0 Å². The molecule has 0 radical (unpaired) electrons. The minimum atomic E-state index is -0.258. The van der Waals surface area contributed by atoms with E-state index in [1.807, 2.05) is 41.3 Å². The highest BCUT2D eigenvalue weighted by Crippen LogP contribution is 2.27. The summed E-state index contributed by atoms with van der Waals surface area (Å²) < 4.78 is 1.51. The molecule has 0 fully saturated rings. The normalized spacial score (nSPS) is 13.9. The first-order valence-corrected chi connectivity index (χ1v) is 9.01. The smallest absolute Gasteiger partial charge is 0.269 e. The molecule has 1 amide bonds. The quantitative estimate of drug-likeness (QED) is 0.598. The van der Waals surface area contributed by atoms with Gasteiger partial charge in [0.1, 0.15) is 6.54 Å². The van der Waals surface area contributed by atoms with E-state index in [-0.39, 0.29) is 18.0 Å². The van der Waals surface area contributed by atoms with Crippen molar-refractivity contribution in [2.75, 3.05) is 6.54 Å². The van der Waals surface area contributed by atoms with Gasteiger partial charge in [0.15, 0.2) is 0 Å². The second-order valence-corrected chi connectivity index (χ2v) is 6.86. The lowest BCUT2D eigenvalue weighted by molar-refractivity contribution is -0.132. The molecule has 4 aromatic rings. The third-order valence-electron chi connectivity index (χ3n) is 5.28. The van der Waals surface area contributed by atoms with Gasteiger partial charge in [-0.1, -0.05) is 30.3 Å². The number of benzene rings is 2. The van der Waals surface area contributed by atoms with E-state index >= 15 is 0 Å². The maximum atomic E-state index is 13.0. The van der Waals surface area contributed by atoms with Crippen molar-refractivity contribution in [1.82, 2.24) is 19.4 Å². The number of aromatic nitrogens is 3. The number of fused-ring (bicyclic) bond motifs is 4. The van der Waals surface area contributed by atoms with Crippen LogP contribution in [0.5, 0.6) is 0 Å². The van der Waals surface area contributed by atoms with Crippen molar-refractivity contribution in [2.45, 2.75) is 19.5 Å². The van der Waals surface area contributed by atoms with Crippen LogP contribution in [-0.2, 0) is 24.3 Å². The number of rotatable bonds is 2. The van der Waals surface area contributed by atoms with Gasteiger partial charge >= 0.3 is 0 Å². The Morgan fingerprint density at radius 3 is 2.85 bits per heavy atom. The zero-order valence-electron chi connectivity index (χ0n) is 14.7. The van der Waals surface area contributed by atoms with Crippen LogP contribution >= 0.6 is 0 Å². The second-order valence-electron chi connectivity index (χ2n) is 6.86. The van der Waals surface area contributed by atoms with Crippen LogP contribution in [0.15, 0.2) is 59.5 Å². The van der Waals surface area contributed by atoms with E-state index in [0.717, 1.165) is 17.3 Å². The highest BCUT2D eigenvalue weighted by molar-refractivity contribution is 5.86. The molecule has 0 atom stereocenters. The fourth-order valence-corrected chi connectivity index (χ4v) is 3.89. The van der Waals surface area contributed by atoms with Gasteiger partial charge in [0.05, 0.1) is 17.2 Å². The highest BCUT2D eigenvalue weighted by Gasteiger charge is 2.24. The third-order valence-corrected chi connectivity index (χ3v) is 5.28. The van der Waals surface area contributed by atoms with Gasteiger partial charge in [-0.2, -0.15) is 0 Å². The Morgan fingerprint density at radius 2 is 1.93 bits per heavy atom. The van der Waals surface area contributed by atoms with Gasteiger partial charge in [-0.3, -0.25) is 14.2 Å². The summed E-state index contributed by atoms with van der Waals surface area (Å²) >= 11 is 0. The fourth-order valence-electron chi connectivity index (χ4n) is 3.89. The summed E-state index contributed by atoms with van der Waals surface area (Å²) in [5.74, 6) is -0.0515. The summed E-state index contributed by atoms with van der Waals surface area (Å²) in [6, 6.07) is 15.6. The average Bonchev–Trinajstić information content (AvgIpc) is 3.08. The SMILES string of the molecule is O=C(Cn1c(=O)cnc2ccccc21)N1CCc2[nH]c3ccccc3c2C1. The number of carbonyl (C=O) groups is 1. The Hall–Kier alpha value is -3.41. The molecular formula is C21H18N4O2. The molecule has 0 spiro atoms. The zero-order chi connectivity index (χ0) is 18.4. The number of para-hydroxylation sites is 3. The number of nitrogens with zero attached hydrogens (tertiary/aromatic N) is 3. The third kappa shape index (κ3) is 2.61. The first-order chi connectivity index (χ1) is 13.2. The van der Waals surface area contributed by atoms with E-state index < -0.39 is 0 Å². The summed E-state index contributed by atoms with van der Waals surface area (Å²) in [5.41, 5.74) is 4.62. The van der Waals surface area contributed by atoms with Gasteiger partial charge < -0.3 is 9.88 Å². The molecule has 1 aliphatic heterocycles. The maximum Gasteiger partial charge on any atom is 0.269 e. The number of aromatic amines is 1. The standard InChI is InChI=1S/C21H18N4O2/c26-20-11-22-18-7-3-4-8-19(18)25(20)13-21(27)24-10-9-17-15(12-24)14-5-1-2-6-16(14)23-17/h1-8,11,23H,9-10,12-13H2. The molecule has 1 aliphatic rings. The monoisotopic (exact) mass is 358 g/mol. The summed E-state index contributed by atoms with van der Waals surface area (Å²) in [5, 5.41) is 1.16. The van der Waals surface area contributed by atoms with Crippen LogP contribution in [0, 0.1) is 0 Å². The molecule has 6 nitrogen and oxygen atoms in total. The van der Waals surface area contributed by atoms with Gasteiger partial charge in [-0.25, -0.2) is 4.98 Å². The van der Waals surface area contributed by atoms with E-state index in [1.54, 1.807) is 0 Å². The van der Waals surface area contributed by atoms with Crippen molar-refractivity contribution < 1.29 is 4.79 Å². The van der Waals surface area contributed by atoms with E-state index in [1.165, 1.54) is 22.0 Å². The molecule has 0 saturated carbocycles. The van der Waals surface area contributed by atoms with Gasteiger partial charge in [-0.15, -0.1) is 0 Å². The second kappa shape index (κ2) is 6.09. The van der Waals surface area contributed by atoms with Crippen molar-refractivity contribution >= 4 is 27.8 Å². The van der Waals surface area contributed by atoms with Crippen molar-refractivity contribution in [3.63, 3.8) is 0 Å². The summed E-state index contributed by atoms with van der Waals surface area (Å²) in [4.78, 5) is 34.7. The van der Waals surface area contributed by atoms with Crippen LogP contribution < -0.4 is 5.56 Å². The van der Waals surface area contributed by atoms with Crippen LogP contribution in [0.3, 0.4) is 0 Å². The Kier molecular flexibility index (Phi) is 3.57. The predicted molar refractivity (Wildman–Crippen MR) is 103 cm³/mol. The fraction of sp³-hybridized carbons (Fsp3) is 0.190. The lowest BCUT2D eigenvalue weighted by Gasteiger charge is -2.27. The summed E-state index contributed by atoms with van der Waals surface area (Å²) in [6.45, 7) is 1.24. The number of hydrogen-bond donors (Lipinski definition) is 1.